The first-order valence-corrected chi connectivity index (χ1v) is 10.5. The summed E-state index contributed by atoms with van der Waals surface area (Å²) in [6.07, 6.45) is 3.40. The number of nitrogens with zero attached hydrogens (tertiary/aromatic N) is 6. The molecule has 6 nitrogen and oxygen atoms in total. The molecule has 0 saturated heterocycles. The van der Waals surface area contributed by atoms with Crippen molar-refractivity contribution in [3.63, 3.8) is 0 Å². The predicted molar refractivity (Wildman–Crippen MR) is 122 cm³/mol. The minimum absolute atomic E-state index is 0.642. The fourth-order valence-corrected chi connectivity index (χ4v) is 4.04. The van der Waals surface area contributed by atoms with E-state index in [1.165, 1.54) is 22.0 Å². The molecule has 2 aromatic carbocycles. The highest BCUT2D eigenvalue weighted by Gasteiger charge is 2.16. The maximum absolute atomic E-state index is 4.88. The lowest BCUT2D eigenvalue weighted by Gasteiger charge is -2.08. The van der Waals surface area contributed by atoms with Gasteiger partial charge >= 0.3 is 0 Å². The first-order valence-electron chi connectivity index (χ1n) is 10.5. The molecular formula is C25H24N6. The predicted octanol–water partition coefficient (Wildman–Crippen LogP) is 4.62. The SMILES string of the molecule is Cc1nn(C)c(C)c1CCc1nc(-c2ccccn2)nn1-c1ccc2ccccc2c1. The molecule has 0 aliphatic carbocycles. The molecule has 3 aromatic heterocycles. The van der Waals surface area contributed by atoms with Crippen LogP contribution in [0.5, 0.6) is 0 Å². The molecule has 0 amide bonds. The summed E-state index contributed by atoms with van der Waals surface area (Å²) in [6, 6.07) is 20.6. The summed E-state index contributed by atoms with van der Waals surface area (Å²) in [4.78, 5) is 9.33. The van der Waals surface area contributed by atoms with E-state index in [-0.39, 0.29) is 0 Å². The number of rotatable bonds is 5. The van der Waals surface area contributed by atoms with Gasteiger partial charge in [-0.05, 0) is 60.9 Å². The molecule has 0 bridgehead atoms. The minimum Gasteiger partial charge on any atom is -0.272 e. The normalized spacial score (nSPS) is 11.3. The van der Waals surface area contributed by atoms with E-state index >= 15 is 0 Å². The highest BCUT2D eigenvalue weighted by molar-refractivity contribution is 5.84. The number of fused-ring (bicyclic) bond motifs is 1. The van der Waals surface area contributed by atoms with E-state index < -0.39 is 0 Å². The van der Waals surface area contributed by atoms with Gasteiger partial charge in [-0.1, -0.05) is 36.4 Å². The zero-order valence-corrected chi connectivity index (χ0v) is 17.9. The van der Waals surface area contributed by atoms with Gasteiger partial charge in [0.25, 0.3) is 0 Å². The maximum atomic E-state index is 4.88. The van der Waals surface area contributed by atoms with Gasteiger partial charge in [0, 0.05) is 25.4 Å². The van der Waals surface area contributed by atoms with E-state index in [9.17, 15) is 0 Å². The smallest absolute Gasteiger partial charge is 0.200 e. The van der Waals surface area contributed by atoms with Crippen LogP contribution < -0.4 is 0 Å². The number of aromatic nitrogens is 6. The molecule has 5 aromatic rings. The summed E-state index contributed by atoms with van der Waals surface area (Å²) in [5, 5.41) is 11.8. The molecule has 0 N–H and O–H groups in total. The van der Waals surface area contributed by atoms with Crippen molar-refractivity contribution in [1.82, 2.24) is 29.5 Å². The van der Waals surface area contributed by atoms with E-state index in [0.717, 1.165) is 35.7 Å². The Morgan fingerprint density at radius 3 is 2.39 bits per heavy atom. The van der Waals surface area contributed by atoms with E-state index in [1.807, 2.05) is 34.6 Å². The number of aryl methyl sites for hydroxylation is 3. The molecule has 0 unspecified atom stereocenters. The van der Waals surface area contributed by atoms with Crippen molar-refractivity contribution in [2.45, 2.75) is 26.7 Å². The van der Waals surface area contributed by atoms with Crippen molar-refractivity contribution >= 4 is 10.8 Å². The van der Waals surface area contributed by atoms with Crippen LogP contribution in [0.3, 0.4) is 0 Å². The van der Waals surface area contributed by atoms with Crippen LogP contribution >= 0.6 is 0 Å². The second-order valence-corrected chi connectivity index (χ2v) is 7.78. The molecule has 154 valence electrons. The van der Waals surface area contributed by atoms with E-state index in [1.54, 1.807) is 6.20 Å². The third-order valence-electron chi connectivity index (χ3n) is 5.80. The molecule has 0 aliphatic heterocycles. The monoisotopic (exact) mass is 408 g/mol. The Bertz CT molecular complexity index is 1360. The second kappa shape index (κ2) is 7.80. The molecule has 0 fully saturated rings. The van der Waals surface area contributed by atoms with Gasteiger partial charge in [-0.3, -0.25) is 9.67 Å². The first-order chi connectivity index (χ1) is 15.1. The summed E-state index contributed by atoms with van der Waals surface area (Å²) in [5.41, 5.74) is 5.32. The van der Waals surface area contributed by atoms with E-state index in [2.05, 4.69) is 66.4 Å². The van der Waals surface area contributed by atoms with Gasteiger partial charge in [0.05, 0.1) is 11.4 Å². The summed E-state index contributed by atoms with van der Waals surface area (Å²) in [7, 11) is 1.99. The largest absolute Gasteiger partial charge is 0.272 e. The standard InChI is InChI=1S/C25H24N6/c1-17-22(18(2)30(3)28-17)13-14-24-27-25(23-10-6-7-15-26-23)29-31(24)21-12-11-19-8-4-5-9-20(19)16-21/h4-12,15-16H,13-14H2,1-3H3. The Labute approximate surface area is 181 Å². The lowest BCUT2D eigenvalue weighted by atomic mass is 10.1. The fraction of sp³-hybridized carbons (Fsp3) is 0.200. The number of hydrogen-bond donors (Lipinski definition) is 0. The summed E-state index contributed by atoms with van der Waals surface area (Å²) < 4.78 is 3.90. The maximum Gasteiger partial charge on any atom is 0.200 e. The Kier molecular flexibility index (Phi) is 4.82. The lowest BCUT2D eigenvalue weighted by molar-refractivity contribution is 0.728. The van der Waals surface area contributed by atoms with Crippen LogP contribution in [0.1, 0.15) is 22.8 Å². The quantitative estimate of drug-likeness (QED) is 0.426. The van der Waals surface area contributed by atoms with E-state index in [4.69, 9.17) is 10.1 Å². The van der Waals surface area contributed by atoms with Crippen LogP contribution in [0, 0.1) is 13.8 Å². The van der Waals surface area contributed by atoms with Crippen LogP contribution in [0.15, 0.2) is 66.9 Å². The van der Waals surface area contributed by atoms with E-state index in [0.29, 0.717) is 5.82 Å². The summed E-state index contributed by atoms with van der Waals surface area (Å²) in [6.45, 7) is 4.18. The number of benzene rings is 2. The van der Waals surface area contributed by atoms with Crippen molar-refractivity contribution in [2.75, 3.05) is 0 Å². The van der Waals surface area contributed by atoms with Gasteiger partial charge in [0.1, 0.15) is 11.5 Å². The average Bonchev–Trinajstić information content (AvgIpc) is 3.33. The molecule has 5 rings (SSSR count). The fourth-order valence-electron chi connectivity index (χ4n) is 4.04. The first kappa shape index (κ1) is 19.2. The molecular weight excluding hydrogens is 384 g/mol. The lowest BCUT2D eigenvalue weighted by Crippen LogP contribution is -2.05. The van der Waals surface area contributed by atoms with Crippen LogP contribution in [0.25, 0.3) is 28.0 Å². The van der Waals surface area contributed by atoms with Gasteiger partial charge < -0.3 is 0 Å². The van der Waals surface area contributed by atoms with Crippen LogP contribution in [0.2, 0.25) is 0 Å². The highest BCUT2D eigenvalue weighted by Crippen LogP contribution is 2.23. The Hall–Kier alpha value is -3.80. The topological polar surface area (TPSA) is 61.4 Å². The van der Waals surface area contributed by atoms with Crippen LogP contribution in [0.4, 0.5) is 0 Å². The van der Waals surface area contributed by atoms with Crippen LogP contribution in [-0.4, -0.2) is 29.5 Å². The van der Waals surface area contributed by atoms with Crippen molar-refractivity contribution in [3.8, 4) is 17.2 Å². The minimum atomic E-state index is 0.642. The average molecular weight is 409 g/mol. The van der Waals surface area contributed by atoms with Gasteiger partial charge in [0.15, 0.2) is 5.82 Å². The Morgan fingerprint density at radius 1 is 0.839 bits per heavy atom. The van der Waals surface area contributed by atoms with Gasteiger partial charge in [-0.25, -0.2) is 9.67 Å². The molecule has 0 spiro atoms. The summed E-state index contributed by atoms with van der Waals surface area (Å²) in [5.74, 6) is 1.56. The molecule has 6 heteroatoms. The molecule has 3 heterocycles. The third kappa shape index (κ3) is 3.61. The summed E-state index contributed by atoms with van der Waals surface area (Å²) >= 11 is 0. The Morgan fingerprint density at radius 2 is 1.65 bits per heavy atom. The number of pyridine rings is 1. The number of hydrogen-bond acceptors (Lipinski definition) is 4. The van der Waals surface area contributed by atoms with Crippen molar-refractivity contribution in [2.24, 2.45) is 7.05 Å². The molecule has 0 atom stereocenters. The van der Waals surface area contributed by atoms with Crippen LogP contribution in [-0.2, 0) is 19.9 Å². The highest BCUT2D eigenvalue weighted by atomic mass is 15.4. The van der Waals surface area contributed by atoms with Crippen molar-refractivity contribution in [1.29, 1.82) is 0 Å². The Balaban J connectivity index is 1.57. The molecule has 0 saturated carbocycles. The van der Waals surface area contributed by atoms with Gasteiger partial charge in [0.2, 0.25) is 0 Å². The van der Waals surface area contributed by atoms with Gasteiger partial charge in [-0.15, -0.1) is 5.10 Å². The zero-order valence-electron chi connectivity index (χ0n) is 17.9. The molecule has 0 radical (unpaired) electrons. The van der Waals surface area contributed by atoms with Crippen molar-refractivity contribution < 1.29 is 0 Å². The third-order valence-corrected chi connectivity index (χ3v) is 5.80. The van der Waals surface area contributed by atoms with Crippen molar-refractivity contribution in [3.05, 3.63) is 89.6 Å². The van der Waals surface area contributed by atoms with Gasteiger partial charge in [-0.2, -0.15) is 5.10 Å². The molecule has 31 heavy (non-hydrogen) atoms. The second-order valence-electron chi connectivity index (χ2n) is 7.78. The zero-order chi connectivity index (χ0) is 21.4. The molecule has 0 aliphatic rings.